The first-order chi connectivity index (χ1) is 10.1. The van der Waals surface area contributed by atoms with Gasteiger partial charge in [-0.3, -0.25) is 14.9 Å². The Morgan fingerprint density at radius 2 is 1.95 bits per heavy atom. The van der Waals surface area contributed by atoms with Crippen LogP contribution in [0.3, 0.4) is 0 Å². The molecule has 0 radical (unpaired) electrons. The molecular weight excluding hydrogens is 288 g/mol. The van der Waals surface area contributed by atoms with Crippen LogP contribution in [-0.2, 0) is 6.54 Å². The summed E-state index contributed by atoms with van der Waals surface area (Å²) in [5.74, 6) is -0.324. The number of hydrogen-bond donors (Lipinski definition) is 1. The van der Waals surface area contributed by atoms with Crippen molar-refractivity contribution in [1.29, 1.82) is 0 Å². The van der Waals surface area contributed by atoms with E-state index in [1.54, 1.807) is 18.4 Å². The van der Waals surface area contributed by atoms with Crippen molar-refractivity contribution in [2.75, 3.05) is 6.26 Å². The number of hydrogen-bond acceptors (Lipinski definition) is 4. The number of nitrogens with zero attached hydrogens (tertiary/aromatic N) is 1. The van der Waals surface area contributed by atoms with Gasteiger partial charge < -0.3 is 5.32 Å². The highest BCUT2D eigenvalue weighted by molar-refractivity contribution is 7.98. The van der Waals surface area contributed by atoms with Gasteiger partial charge in [-0.25, -0.2) is 0 Å². The third-order valence-electron chi connectivity index (χ3n) is 2.93. The number of carbonyl (C=O) groups is 1. The van der Waals surface area contributed by atoms with Gasteiger partial charge in [0.2, 0.25) is 0 Å². The molecular formula is C15H14N2O3S. The van der Waals surface area contributed by atoms with Crippen molar-refractivity contribution in [3.8, 4) is 0 Å². The van der Waals surface area contributed by atoms with Gasteiger partial charge in [-0.15, -0.1) is 11.8 Å². The van der Waals surface area contributed by atoms with E-state index in [4.69, 9.17) is 0 Å². The number of nitrogens with one attached hydrogen (secondary N) is 1. The average molecular weight is 302 g/mol. The largest absolute Gasteiger partial charge is 0.348 e. The number of nitro groups is 1. The third kappa shape index (κ3) is 3.82. The summed E-state index contributed by atoms with van der Waals surface area (Å²) in [4.78, 5) is 23.1. The van der Waals surface area contributed by atoms with Gasteiger partial charge in [-0.05, 0) is 24.0 Å². The van der Waals surface area contributed by atoms with E-state index in [1.165, 1.54) is 17.8 Å². The lowest BCUT2D eigenvalue weighted by Gasteiger charge is -2.06. The van der Waals surface area contributed by atoms with Crippen LogP contribution in [-0.4, -0.2) is 17.1 Å². The summed E-state index contributed by atoms with van der Waals surface area (Å²) in [6.45, 7) is 0.387. The fourth-order valence-electron chi connectivity index (χ4n) is 1.85. The molecule has 0 spiro atoms. The lowest BCUT2D eigenvalue weighted by molar-refractivity contribution is -0.387. The first-order valence-corrected chi connectivity index (χ1v) is 7.49. The molecule has 0 saturated heterocycles. The van der Waals surface area contributed by atoms with E-state index >= 15 is 0 Å². The maximum absolute atomic E-state index is 12.1. The Labute approximate surface area is 126 Å². The minimum atomic E-state index is -0.472. The summed E-state index contributed by atoms with van der Waals surface area (Å²) in [5.41, 5.74) is 1.21. The van der Waals surface area contributed by atoms with Crippen LogP contribution in [0.2, 0.25) is 0 Å². The monoisotopic (exact) mass is 302 g/mol. The van der Waals surface area contributed by atoms with E-state index in [2.05, 4.69) is 5.32 Å². The molecule has 0 atom stereocenters. The number of rotatable bonds is 5. The predicted molar refractivity (Wildman–Crippen MR) is 82.5 cm³/mol. The van der Waals surface area contributed by atoms with Crippen LogP contribution in [0.15, 0.2) is 53.4 Å². The van der Waals surface area contributed by atoms with Crippen LogP contribution in [0.1, 0.15) is 15.9 Å². The van der Waals surface area contributed by atoms with Crippen molar-refractivity contribution in [2.24, 2.45) is 0 Å². The summed E-state index contributed by atoms with van der Waals surface area (Å²) in [5, 5.41) is 13.7. The molecule has 0 saturated carbocycles. The smallest absolute Gasteiger partial charge is 0.283 e. The van der Waals surface area contributed by atoms with Crippen molar-refractivity contribution in [1.82, 2.24) is 5.32 Å². The molecule has 2 aromatic carbocycles. The maximum Gasteiger partial charge on any atom is 0.283 e. The number of benzene rings is 2. The fourth-order valence-corrected chi connectivity index (χ4v) is 2.40. The quantitative estimate of drug-likeness (QED) is 0.523. The SMILES string of the molecule is CSc1ccc(C(=O)NCc2ccccc2)cc1[N+](=O)[O-]. The summed E-state index contributed by atoms with van der Waals surface area (Å²) in [6, 6.07) is 14.0. The van der Waals surface area contributed by atoms with E-state index in [1.807, 2.05) is 30.3 Å². The Morgan fingerprint density at radius 3 is 2.57 bits per heavy atom. The molecule has 2 rings (SSSR count). The Hall–Kier alpha value is -2.34. The number of thioether (sulfide) groups is 1. The molecule has 0 aliphatic rings. The van der Waals surface area contributed by atoms with Crippen LogP contribution < -0.4 is 5.32 Å². The summed E-state index contributed by atoms with van der Waals surface area (Å²) < 4.78 is 0. The Balaban J connectivity index is 2.12. The molecule has 0 aromatic heterocycles. The van der Waals surface area contributed by atoms with Gasteiger partial charge >= 0.3 is 0 Å². The Kier molecular flexibility index (Phi) is 4.94. The van der Waals surface area contributed by atoms with Crippen molar-refractivity contribution in [3.63, 3.8) is 0 Å². The molecule has 0 fully saturated rings. The van der Waals surface area contributed by atoms with Crippen LogP contribution in [0.4, 0.5) is 5.69 Å². The zero-order valence-corrected chi connectivity index (χ0v) is 12.2. The van der Waals surface area contributed by atoms with Crippen LogP contribution >= 0.6 is 11.8 Å². The highest BCUT2D eigenvalue weighted by Crippen LogP contribution is 2.28. The van der Waals surface area contributed by atoms with E-state index in [-0.39, 0.29) is 17.2 Å². The summed E-state index contributed by atoms with van der Waals surface area (Å²) >= 11 is 1.28. The molecule has 0 heterocycles. The van der Waals surface area contributed by atoms with Gasteiger partial charge in [0, 0.05) is 18.2 Å². The van der Waals surface area contributed by atoms with Crippen LogP contribution in [0.25, 0.3) is 0 Å². The van der Waals surface area contributed by atoms with Gasteiger partial charge in [0.25, 0.3) is 11.6 Å². The number of amides is 1. The van der Waals surface area contributed by atoms with E-state index in [0.29, 0.717) is 11.4 Å². The highest BCUT2D eigenvalue weighted by atomic mass is 32.2. The first kappa shape index (κ1) is 15.1. The molecule has 6 heteroatoms. The lowest BCUT2D eigenvalue weighted by atomic mass is 10.1. The maximum atomic E-state index is 12.1. The fraction of sp³-hybridized carbons (Fsp3) is 0.133. The van der Waals surface area contributed by atoms with Crippen LogP contribution in [0.5, 0.6) is 0 Å². The second-order valence-electron chi connectivity index (χ2n) is 4.31. The predicted octanol–water partition coefficient (Wildman–Crippen LogP) is 3.25. The van der Waals surface area contributed by atoms with Crippen LogP contribution in [0, 0.1) is 10.1 Å². The zero-order chi connectivity index (χ0) is 15.2. The highest BCUT2D eigenvalue weighted by Gasteiger charge is 2.16. The van der Waals surface area contributed by atoms with Gasteiger partial charge in [0.1, 0.15) is 0 Å². The summed E-state index contributed by atoms with van der Waals surface area (Å²) in [7, 11) is 0. The van der Waals surface area contributed by atoms with Gasteiger partial charge in [0.15, 0.2) is 0 Å². The minimum absolute atomic E-state index is 0.0464. The van der Waals surface area contributed by atoms with Crippen molar-refractivity contribution in [2.45, 2.75) is 11.4 Å². The average Bonchev–Trinajstić information content (AvgIpc) is 2.52. The molecule has 5 nitrogen and oxygen atoms in total. The topological polar surface area (TPSA) is 72.2 Å². The Morgan fingerprint density at radius 1 is 1.24 bits per heavy atom. The third-order valence-corrected chi connectivity index (χ3v) is 3.72. The van der Waals surface area contributed by atoms with E-state index in [9.17, 15) is 14.9 Å². The lowest BCUT2D eigenvalue weighted by Crippen LogP contribution is -2.22. The molecule has 1 N–H and O–H groups in total. The standard InChI is InChI=1S/C15H14N2O3S/c1-21-14-8-7-12(9-13(14)17(19)20)15(18)16-10-11-5-3-2-4-6-11/h2-9H,10H2,1H3,(H,16,18). The molecule has 1 amide bonds. The summed E-state index contributed by atoms with van der Waals surface area (Å²) in [6.07, 6.45) is 1.76. The molecule has 0 bridgehead atoms. The second-order valence-corrected chi connectivity index (χ2v) is 5.16. The minimum Gasteiger partial charge on any atom is -0.348 e. The van der Waals surface area contributed by atoms with Crippen molar-refractivity contribution in [3.05, 3.63) is 69.8 Å². The Bertz CT molecular complexity index is 659. The van der Waals surface area contributed by atoms with Gasteiger partial charge in [0.05, 0.1) is 9.82 Å². The molecule has 0 aliphatic carbocycles. The molecule has 21 heavy (non-hydrogen) atoms. The van der Waals surface area contributed by atoms with Gasteiger partial charge in [-0.2, -0.15) is 0 Å². The van der Waals surface area contributed by atoms with Gasteiger partial charge in [-0.1, -0.05) is 30.3 Å². The van der Waals surface area contributed by atoms with Crippen molar-refractivity contribution < 1.29 is 9.72 Å². The van der Waals surface area contributed by atoms with E-state index < -0.39 is 4.92 Å². The van der Waals surface area contributed by atoms with Crippen molar-refractivity contribution >= 4 is 23.4 Å². The molecule has 0 unspecified atom stereocenters. The molecule has 0 aliphatic heterocycles. The normalized spacial score (nSPS) is 10.1. The van der Waals surface area contributed by atoms with E-state index in [0.717, 1.165) is 5.56 Å². The molecule has 108 valence electrons. The first-order valence-electron chi connectivity index (χ1n) is 6.26. The number of carbonyl (C=O) groups excluding carboxylic acids is 1. The zero-order valence-electron chi connectivity index (χ0n) is 11.4. The second kappa shape index (κ2) is 6.90. The number of nitro benzene ring substituents is 1. The molecule has 2 aromatic rings.